The number of carbonyl (C=O) groups excluding carboxylic acids is 2. The molecular formula is C21H25N3O2. The number of aromatic nitrogens is 1. The maximum Gasteiger partial charge on any atom is 0.268 e. The molecule has 1 aromatic heterocycles. The number of carbonyl (C=O) groups is 2. The summed E-state index contributed by atoms with van der Waals surface area (Å²) in [6.07, 6.45) is 3.26. The van der Waals surface area contributed by atoms with Crippen molar-refractivity contribution in [2.24, 2.45) is 0 Å². The minimum Gasteiger partial charge on any atom is -0.354 e. The van der Waals surface area contributed by atoms with Crippen molar-refractivity contribution in [1.29, 1.82) is 0 Å². The summed E-state index contributed by atoms with van der Waals surface area (Å²) >= 11 is 0. The van der Waals surface area contributed by atoms with Crippen LogP contribution in [0.2, 0.25) is 0 Å². The second-order valence-corrected chi connectivity index (χ2v) is 7.44. The Morgan fingerprint density at radius 2 is 2.08 bits per heavy atom. The number of benzene rings is 1. The van der Waals surface area contributed by atoms with Gasteiger partial charge in [0.05, 0.1) is 0 Å². The molecule has 1 atom stereocenters. The minimum atomic E-state index is -0.0868. The first kappa shape index (κ1) is 17.0. The molecule has 26 heavy (non-hydrogen) atoms. The van der Waals surface area contributed by atoms with Gasteiger partial charge in [0.1, 0.15) is 5.69 Å². The molecule has 2 heterocycles. The van der Waals surface area contributed by atoms with E-state index < -0.39 is 0 Å². The summed E-state index contributed by atoms with van der Waals surface area (Å²) < 4.78 is 0. The molecule has 2 aromatic rings. The molecule has 1 saturated heterocycles. The van der Waals surface area contributed by atoms with Crippen LogP contribution >= 0.6 is 0 Å². The molecule has 0 unspecified atom stereocenters. The van der Waals surface area contributed by atoms with Crippen LogP contribution in [-0.4, -0.2) is 40.7 Å². The number of aryl methyl sites for hydroxylation is 1. The lowest BCUT2D eigenvalue weighted by Crippen LogP contribution is -2.37. The van der Waals surface area contributed by atoms with E-state index in [0.717, 1.165) is 55.7 Å². The van der Waals surface area contributed by atoms with E-state index in [1.807, 2.05) is 13.0 Å². The normalized spacial score (nSPS) is 20.2. The third kappa shape index (κ3) is 3.31. The molecule has 0 saturated carbocycles. The summed E-state index contributed by atoms with van der Waals surface area (Å²) in [6.45, 7) is 4.64. The predicted molar refractivity (Wildman–Crippen MR) is 100 cm³/mol. The first-order chi connectivity index (χ1) is 12.6. The highest BCUT2D eigenvalue weighted by Gasteiger charge is 2.29. The second-order valence-electron chi connectivity index (χ2n) is 7.44. The van der Waals surface area contributed by atoms with Crippen molar-refractivity contribution in [2.75, 3.05) is 13.1 Å². The zero-order valence-electron chi connectivity index (χ0n) is 15.2. The molecule has 5 nitrogen and oxygen atoms in total. The first-order valence-corrected chi connectivity index (χ1v) is 9.43. The summed E-state index contributed by atoms with van der Waals surface area (Å²) in [7, 11) is 0. The summed E-state index contributed by atoms with van der Waals surface area (Å²) in [5, 5.41) is 3.15. The minimum absolute atomic E-state index is 0.0868. The number of likely N-dealkylation sites (tertiary alicyclic amines) is 1. The Bertz CT molecular complexity index is 825. The summed E-state index contributed by atoms with van der Waals surface area (Å²) in [4.78, 5) is 30.5. The van der Waals surface area contributed by atoms with Gasteiger partial charge in [-0.25, -0.2) is 0 Å². The number of aromatic amines is 1. The van der Waals surface area contributed by atoms with Gasteiger partial charge in [-0.05, 0) is 37.3 Å². The summed E-state index contributed by atoms with van der Waals surface area (Å²) in [5.41, 5.74) is 4.35. The van der Waals surface area contributed by atoms with Crippen LogP contribution in [0.15, 0.2) is 30.3 Å². The Morgan fingerprint density at radius 1 is 1.27 bits per heavy atom. The van der Waals surface area contributed by atoms with Crippen molar-refractivity contribution in [2.45, 2.75) is 45.2 Å². The van der Waals surface area contributed by atoms with E-state index in [-0.39, 0.29) is 17.7 Å². The zero-order chi connectivity index (χ0) is 18.1. The number of hydrogen-bond donors (Lipinski definition) is 2. The number of H-pyrrole nitrogens is 1. The van der Waals surface area contributed by atoms with Crippen LogP contribution in [0.1, 0.15) is 56.9 Å². The van der Waals surface area contributed by atoms with Gasteiger partial charge >= 0.3 is 0 Å². The van der Waals surface area contributed by atoms with Gasteiger partial charge < -0.3 is 10.3 Å². The van der Waals surface area contributed by atoms with E-state index in [2.05, 4.69) is 39.5 Å². The van der Waals surface area contributed by atoms with Crippen molar-refractivity contribution in [3.8, 4) is 0 Å². The molecule has 0 bridgehead atoms. The van der Waals surface area contributed by atoms with Gasteiger partial charge in [-0.2, -0.15) is 0 Å². The fourth-order valence-corrected chi connectivity index (χ4v) is 4.19. The molecule has 2 N–H and O–H groups in total. The number of rotatable bonds is 4. The monoisotopic (exact) mass is 351 g/mol. The fraction of sp³-hybridized carbons (Fsp3) is 0.429. The van der Waals surface area contributed by atoms with Gasteiger partial charge in [0.2, 0.25) is 0 Å². The van der Waals surface area contributed by atoms with E-state index in [1.165, 1.54) is 5.56 Å². The van der Waals surface area contributed by atoms with Crippen molar-refractivity contribution < 1.29 is 9.59 Å². The number of hydrogen-bond acceptors (Lipinski definition) is 3. The van der Waals surface area contributed by atoms with E-state index in [0.29, 0.717) is 12.1 Å². The maximum atomic E-state index is 12.7. The number of amides is 1. The third-order valence-corrected chi connectivity index (χ3v) is 5.52. The zero-order valence-corrected chi connectivity index (χ0v) is 15.2. The lowest BCUT2D eigenvalue weighted by molar-refractivity contribution is 0.0931. The molecule has 0 spiro atoms. The molecule has 1 aliphatic heterocycles. The predicted octanol–water partition coefficient (Wildman–Crippen LogP) is 2.85. The lowest BCUT2D eigenvalue weighted by atomic mass is 9.94. The molecule has 5 heteroatoms. The largest absolute Gasteiger partial charge is 0.354 e. The van der Waals surface area contributed by atoms with Crippen molar-refractivity contribution in [3.63, 3.8) is 0 Å². The highest BCUT2D eigenvalue weighted by Crippen LogP contribution is 2.26. The van der Waals surface area contributed by atoms with Gasteiger partial charge in [-0.15, -0.1) is 0 Å². The summed E-state index contributed by atoms with van der Waals surface area (Å²) in [6, 6.07) is 10.6. The summed E-state index contributed by atoms with van der Waals surface area (Å²) in [5.74, 6) is 0.0743. The number of nitrogens with one attached hydrogen (secondary N) is 2. The van der Waals surface area contributed by atoms with Crippen molar-refractivity contribution in [3.05, 3.63) is 58.4 Å². The average Bonchev–Trinajstić information content (AvgIpc) is 3.21. The van der Waals surface area contributed by atoms with Gasteiger partial charge in [0.15, 0.2) is 5.78 Å². The number of nitrogens with zero attached hydrogens (tertiary/aromatic N) is 1. The quantitative estimate of drug-likeness (QED) is 0.890. The Morgan fingerprint density at radius 3 is 2.85 bits per heavy atom. The Balaban J connectivity index is 1.39. The molecule has 0 radical (unpaired) electrons. The molecule has 1 aromatic carbocycles. The van der Waals surface area contributed by atoms with Crippen molar-refractivity contribution >= 4 is 11.7 Å². The van der Waals surface area contributed by atoms with Gasteiger partial charge in [0.25, 0.3) is 5.91 Å². The van der Waals surface area contributed by atoms with Gasteiger partial charge in [-0.3, -0.25) is 14.5 Å². The highest BCUT2D eigenvalue weighted by molar-refractivity contribution is 6.04. The molecule has 2 aliphatic rings. The van der Waals surface area contributed by atoms with Crippen LogP contribution in [-0.2, 0) is 13.0 Å². The molecule has 1 amide bonds. The SMILES string of the molecule is Cc1c(C(=O)N[C@H]2CCN(Cc3ccccc3)C2)[nH]c2c1C(=O)CCC2. The molecular weight excluding hydrogens is 326 g/mol. The lowest BCUT2D eigenvalue weighted by Gasteiger charge is -2.16. The average molecular weight is 351 g/mol. The first-order valence-electron chi connectivity index (χ1n) is 9.43. The van der Waals surface area contributed by atoms with Crippen LogP contribution in [0.4, 0.5) is 0 Å². The van der Waals surface area contributed by atoms with Crippen LogP contribution < -0.4 is 5.32 Å². The highest BCUT2D eigenvalue weighted by atomic mass is 16.2. The smallest absolute Gasteiger partial charge is 0.268 e. The molecule has 1 fully saturated rings. The third-order valence-electron chi connectivity index (χ3n) is 5.52. The Hall–Kier alpha value is -2.40. The van der Waals surface area contributed by atoms with Crippen LogP contribution in [0.25, 0.3) is 0 Å². The fourth-order valence-electron chi connectivity index (χ4n) is 4.19. The molecule has 1 aliphatic carbocycles. The van der Waals surface area contributed by atoms with E-state index in [4.69, 9.17) is 0 Å². The maximum absolute atomic E-state index is 12.7. The molecule has 136 valence electrons. The second kappa shape index (κ2) is 7.08. The van der Waals surface area contributed by atoms with E-state index in [9.17, 15) is 9.59 Å². The van der Waals surface area contributed by atoms with Crippen molar-refractivity contribution in [1.82, 2.24) is 15.2 Å². The van der Waals surface area contributed by atoms with Crippen LogP contribution in [0.5, 0.6) is 0 Å². The standard InChI is InChI=1S/C21H25N3O2/c1-14-19-17(8-5-9-18(19)25)23-20(14)21(26)22-16-10-11-24(13-16)12-15-6-3-2-4-7-15/h2-4,6-7,16,23H,5,8-13H2,1H3,(H,22,26)/t16-/m0/s1. The molecule has 4 rings (SSSR count). The Labute approximate surface area is 153 Å². The number of Topliss-reactive ketones (excluding diaryl/α,β-unsaturated/α-hetero) is 1. The van der Waals surface area contributed by atoms with Crippen LogP contribution in [0, 0.1) is 6.92 Å². The van der Waals surface area contributed by atoms with Gasteiger partial charge in [0, 0.05) is 43.4 Å². The van der Waals surface area contributed by atoms with E-state index in [1.54, 1.807) is 0 Å². The number of ketones is 1. The Kier molecular flexibility index (Phi) is 4.64. The van der Waals surface area contributed by atoms with Gasteiger partial charge in [-0.1, -0.05) is 30.3 Å². The van der Waals surface area contributed by atoms with Crippen LogP contribution in [0.3, 0.4) is 0 Å². The van der Waals surface area contributed by atoms with E-state index >= 15 is 0 Å². The topological polar surface area (TPSA) is 65.2 Å². The number of fused-ring (bicyclic) bond motifs is 1.